The number of benzene rings is 2. The summed E-state index contributed by atoms with van der Waals surface area (Å²) < 4.78 is 14.1. The molecule has 0 aliphatic heterocycles. The van der Waals surface area contributed by atoms with Crippen LogP contribution in [0.4, 0.5) is 10.1 Å². The molecular weight excluding hydrogens is 309 g/mol. The smallest absolute Gasteiger partial charge is 0.258 e. The monoisotopic (exact) mass is 321 g/mol. The molecule has 0 spiro atoms. The van der Waals surface area contributed by atoms with E-state index in [1.807, 2.05) is 32.0 Å². The van der Waals surface area contributed by atoms with Gasteiger partial charge in [0, 0.05) is 5.69 Å². The van der Waals surface area contributed by atoms with Gasteiger partial charge in [-0.3, -0.25) is 4.79 Å². The first-order valence-corrected chi connectivity index (χ1v) is 6.61. The lowest BCUT2D eigenvalue weighted by Crippen LogP contribution is -2.14. The molecule has 2 aromatic carbocycles. The van der Waals surface area contributed by atoms with Crippen molar-refractivity contribution in [3.05, 3.63) is 63.4 Å². The first kappa shape index (κ1) is 13.7. The van der Waals surface area contributed by atoms with Gasteiger partial charge in [-0.15, -0.1) is 0 Å². The fourth-order valence-corrected chi connectivity index (χ4v) is 2.11. The number of rotatable bonds is 2. The average molecular weight is 322 g/mol. The highest BCUT2D eigenvalue weighted by molar-refractivity contribution is 9.10. The Hall–Kier alpha value is -1.68. The van der Waals surface area contributed by atoms with E-state index < -0.39 is 11.7 Å². The van der Waals surface area contributed by atoms with Gasteiger partial charge >= 0.3 is 0 Å². The molecule has 0 aromatic heterocycles. The van der Waals surface area contributed by atoms with Crippen LogP contribution in [-0.4, -0.2) is 5.91 Å². The summed E-state index contributed by atoms with van der Waals surface area (Å²) in [6.07, 6.45) is 0. The van der Waals surface area contributed by atoms with Crippen molar-refractivity contribution in [3.8, 4) is 0 Å². The van der Waals surface area contributed by atoms with Crippen molar-refractivity contribution in [2.45, 2.75) is 13.8 Å². The molecule has 0 atom stereocenters. The van der Waals surface area contributed by atoms with E-state index in [1.165, 1.54) is 6.07 Å². The Balaban J connectivity index is 2.31. The Morgan fingerprint density at radius 2 is 1.95 bits per heavy atom. The van der Waals surface area contributed by atoms with E-state index in [1.54, 1.807) is 12.1 Å². The molecule has 1 amide bonds. The minimum Gasteiger partial charge on any atom is -0.322 e. The fourth-order valence-electron chi connectivity index (χ4n) is 1.74. The number of anilines is 1. The predicted molar refractivity (Wildman–Crippen MR) is 78.0 cm³/mol. The van der Waals surface area contributed by atoms with Crippen LogP contribution in [0.5, 0.6) is 0 Å². The number of nitrogens with one attached hydrogen (secondary N) is 1. The molecule has 2 nitrogen and oxygen atoms in total. The molecule has 0 bridgehead atoms. The van der Waals surface area contributed by atoms with Gasteiger partial charge in [-0.1, -0.05) is 18.2 Å². The molecule has 0 aliphatic carbocycles. The number of aryl methyl sites for hydroxylation is 2. The third kappa shape index (κ3) is 3.01. The second kappa shape index (κ2) is 5.53. The second-order valence-electron chi connectivity index (χ2n) is 4.37. The summed E-state index contributed by atoms with van der Waals surface area (Å²) in [6, 6.07) is 10.4. The van der Waals surface area contributed by atoms with Gasteiger partial charge < -0.3 is 5.32 Å². The number of carbonyl (C=O) groups excluding carboxylic acids is 1. The zero-order chi connectivity index (χ0) is 14.0. The van der Waals surface area contributed by atoms with Crippen molar-refractivity contribution in [1.29, 1.82) is 0 Å². The standard InChI is InChI=1S/C15H13BrFNO/c1-9-6-7-10(2)13(8-9)18-15(19)11-4-3-5-12(16)14(11)17/h3-8H,1-2H3,(H,18,19). The van der Waals surface area contributed by atoms with E-state index in [0.29, 0.717) is 5.69 Å². The molecule has 0 radical (unpaired) electrons. The zero-order valence-corrected chi connectivity index (χ0v) is 12.2. The largest absolute Gasteiger partial charge is 0.322 e. The third-order valence-electron chi connectivity index (χ3n) is 2.84. The molecule has 19 heavy (non-hydrogen) atoms. The van der Waals surface area contributed by atoms with Crippen LogP contribution in [0.15, 0.2) is 40.9 Å². The molecule has 2 rings (SSSR count). The van der Waals surface area contributed by atoms with Gasteiger partial charge in [0.15, 0.2) is 0 Å². The van der Waals surface area contributed by atoms with Crippen molar-refractivity contribution < 1.29 is 9.18 Å². The van der Waals surface area contributed by atoms with Crippen molar-refractivity contribution in [2.75, 3.05) is 5.32 Å². The highest BCUT2D eigenvalue weighted by atomic mass is 79.9. The van der Waals surface area contributed by atoms with Crippen molar-refractivity contribution in [3.63, 3.8) is 0 Å². The molecule has 98 valence electrons. The van der Waals surface area contributed by atoms with Crippen LogP contribution < -0.4 is 5.32 Å². The molecule has 2 aromatic rings. The summed E-state index contributed by atoms with van der Waals surface area (Å²) in [6.45, 7) is 3.83. The van der Waals surface area contributed by atoms with Crippen LogP contribution in [0.2, 0.25) is 0 Å². The Kier molecular flexibility index (Phi) is 4.00. The summed E-state index contributed by atoms with van der Waals surface area (Å²) in [5.41, 5.74) is 2.70. The van der Waals surface area contributed by atoms with Crippen LogP contribution in [0, 0.1) is 19.7 Å². The topological polar surface area (TPSA) is 29.1 Å². The maximum Gasteiger partial charge on any atom is 0.258 e. The van der Waals surface area contributed by atoms with Crippen LogP contribution in [-0.2, 0) is 0 Å². The third-order valence-corrected chi connectivity index (χ3v) is 3.45. The highest BCUT2D eigenvalue weighted by Crippen LogP contribution is 2.21. The van der Waals surface area contributed by atoms with Crippen LogP contribution in [0.3, 0.4) is 0 Å². The molecule has 0 saturated heterocycles. The van der Waals surface area contributed by atoms with Crippen molar-refractivity contribution in [1.82, 2.24) is 0 Å². The summed E-state index contributed by atoms with van der Waals surface area (Å²) in [5.74, 6) is -1.00. The van der Waals surface area contributed by atoms with Gasteiger partial charge in [0.2, 0.25) is 0 Å². The second-order valence-corrected chi connectivity index (χ2v) is 5.23. The van der Waals surface area contributed by atoms with Gasteiger partial charge in [-0.25, -0.2) is 4.39 Å². The molecule has 0 heterocycles. The Morgan fingerprint density at radius 3 is 2.68 bits per heavy atom. The SMILES string of the molecule is Cc1ccc(C)c(NC(=O)c2cccc(Br)c2F)c1. The zero-order valence-electron chi connectivity index (χ0n) is 10.6. The number of hydrogen-bond donors (Lipinski definition) is 1. The Bertz CT molecular complexity index is 640. The molecular formula is C15H13BrFNO. The maximum absolute atomic E-state index is 13.8. The summed E-state index contributed by atoms with van der Waals surface area (Å²) in [5, 5.41) is 2.74. The normalized spacial score (nSPS) is 10.3. The summed E-state index contributed by atoms with van der Waals surface area (Å²) >= 11 is 3.07. The highest BCUT2D eigenvalue weighted by Gasteiger charge is 2.14. The fraction of sp³-hybridized carbons (Fsp3) is 0.133. The Morgan fingerprint density at radius 1 is 1.21 bits per heavy atom. The maximum atomic E-state index is 13.8. The van der Waals surface area contributed by atoms with Gasteiger partial charge in [0.25, 0.3) is 5.91 Å². The first-order valence-electron chi connectivity index (χ1n) is 5.81. The lowest BCUT2D eigenvalue weighted by atomic mass is 10.1. The van der Waals surface area contributed by atoms with E-state index in [9.17, 15) is 9.18 Å². The van der Waals surface area contributed by atoms with Gasteiger partial charge in [0.1, 0.15) is 5.82 Å². The van der Waals surface area contributed by atoms with E-state index in [0.717, 1.165) is 11.1 Å². The van der Waals surface area contributed by atoms with Gasteiger partial charge in [0.05, 0.1) is 10.0 Å². The van der Waals surface area contributed by atoms with E-state index in [2.05, 4.69) is 21.2 Å². The van der Waals surface area contributed by atoms with E-state index >= 15 is 0 Å². The summed E-state index contributed by atoms with van der Waals surface area (Å²) in [7, 11) is 0. The molecule has 0 unspecified atom stereocenters. The minimum absolute atomic E-state index is 0.0234. The van der Waals surface area contributed by atoms with Gasteiger partial charge in [-0.05, 0) is 59.1 Å². The molecule has 1 N–H and O–H groups in total. The van der Waals surface area contributed by atoms with E-state index in [4.69, 9.17) is 0 Å². The van der Waals surface area contributed by atoms with Crippen LogP contribution in [0.25, 0.3) is 0 Å². The lowest BCUT2D eigenvalue weighted by Gasteiger charge is -2.10. The lowest BCUT2D eigenvalue weighted by molar-refractivity contribution is 0.102. The molecule has 0 aliphatic rings. The average Bonchev–Trinajstić information content (AvgIpc) is 2.37. The number of halogens is 2. The molecule has 4 heteroatoms. The molecule has 0 fully saturated rings. The van der Waals surface area contributed by atoms with Crippen molar-refractivity contribution in [2.24, 2.45) is 0 Å². The number of amides is 1. The van der Waals surface area contributed by atoms with Crippen molar-refractivity contribution >= 4 is 27.5 Å². The predicted octanol–water partition coefficient (Wildman–Crippen LogP) is 4.46. The van der Waals surface area contributed by atoms with Crippen LogP contribution in [0.1, 0.15) is 21.5 Å². The van der Waals surface area contributed by atoms with Gasteiger partial charge in [-0.2, -0.15) is 0 Å². The van der Waals surface area contributed by atoms with E-state index in [-0.39, 0.29) is 10.0 Å². The van der Waals surface area contributed by atoms with Crippen LogP contribution >= 0.6 is 15.9 Å². The Labute approximate surface area is 119 Å². The first-order chi connectivity index (χ1) is 8.99. The molecule has 0 saturated carbocycles. The minimum atomic E-state index is -0.551. The quantitative estimate of drug-likeness (QED) is 0.869. The number of carbonyl (C=O) groups is 1. The number of hydrogen-bond acceptors (Lipinski definition) is 1. The summed E-state index contributed by atoms with van der Waals surface area (Å²) in [4.78, 5) is 12.1.